The zero-order valence-electron chi connectivity index (χ0n) is 29.3. The Morgan fingerprint density at radius 1 is 0.296 bits per heavy atom. The summed E-state index contributed by atoms with van der Waals surface area (Å²) in [5, 5.41) is 5.99. The largest absolute Gasteiger partial charge is 0.309 e. The highest BCUT2D eigenvalue weighted by molar-refractivity contribution is 6.28. The van der Waals surface area contributed by atoms with Crippen molar-refractivity contribution in [3.63, 3.8) is 0 Å². The molecule has 11 aromatic rings. The van der Waals surface area contributed by atoms with E-state index in [9.17, 15) is 0 Å². The van der Waals surface area contributed by atoms with Gasteiger partial charge < -0.3 is 4.57 Å². The van der Waals surface area contributed by atoms with Gasteiger partial charge in [0.05, 0.1) is 33.3 Å². The number of benzene rings is 8. The van der Waals surface area contributed by atoms with Gasteiger partial charge >= 0.3 is 0 Å². The first kappa shape index (κ1) is 30.3. The minimum atomic E-state index is 0.929. The van der Waals surface area contributed by atoms with Gasteiger partial charge in [-0.25, -0.2) is 9.97 Å². The molecule has 0 saturated carbocycles. The molecule has 0 atom stereocenters. The van der Waals surface area contributed by atoms with E-state index >= 15 is 0 Å². The molecule has 0 amide bonds. The standard InChI is InChI=1S/C50H32N4/c1-3-13-37(14-4-1)53-44-21-11-8-18-41(44)47-46(53)32-31-40-39-17-7-9-19-42(39)51-49(48(40)47)35-27-23-33(24-28-35)34-25-29-36(30-26-34)50-52-43-20-10-12-22-45(43)54(50)38-15-5-2-6-16-38/h1-32H. The molecule has 252 valence electrons. The lowest BCUT2D eigenvalue weighted by Gasteiger charge is -2.13. The molecule has 8 aromatic carbocycles. The van der Waals surface area contributed by atoms with E-state index in [0.717, 1.165) is 67.1 Å². The number of imidazole rings is 1. The summed E-state index contributed by atoms with van der Waals surface area (Å²) in [4.78, 5) is 10.5. The van der Waals surface area contributed by atoms with Gasteiger partial charge in [-0.05, 0) is 71.1 Å². The van der Waals surface area contributed by atoms with Gasteiger partial charge in [-0.2, -0.15) is 0 Å². The minimum Gasteiger partial charge on any atom is -0.309 e. The quantitative estimate of drug-likeness (QED) is 0.169. The Morgan fingerprint density at radius 3 is 1.54 bits per heavy atom. The molecule has 4 heteroatoms. The second kappa shape index (κ2) is 12.1. The van der Waals surface area contributed by atoms with Crippen molar-refractivity contribution in [1.29, 1.82) is 0 Å². The summed E-state index contributed by atoms with van der Waals surface area (Å²) < 4.78 is 4.62. The molecule has 0 spiro atoms. The van der Waals surface area contributed by atoms with Crippen LogP contribution in [0.25, 0.3) is 99.7 Å². The highest BCUT2D eigenvalue weighted by Gasteiger charge is 2.20. The van der Waals surface area contributed by atoms with Crippen LogP contribution in [0.2, 0.25) is 0 Å². The highest BCUT2D eigenvalue weighted by atomic mass is 15.1. The third kappa shape index (κ3) is 4.70. The van der Waals surface area contributed by atoms with Gasteiger partial charge in [0.1, 0.15) is 5.82 Å². The summed E-state index contributed by atoms with van der Waals surface area (Å²) in [7, 11) is 0. The van der Waals surface area contributed by atoms with Gasteiger partial charge in [-0.3, -0.25) is 4.57 Å². The number of pyridine rings is 1. The number of para-hydroxylation sites is 6. The van der Waals surface area contributed by atoms with Crippen LogP contribution in [0.4, 0.5) is 0 Å². The van der Waals surface area contributed by atoms with Gasteiger partial charge in [0.2, 0.25) is 0 Å². The van der Waals surface area contributed by atoms with Crippen molar-refractivity contribution in [2.75, 3.05) is 0 Å². The molecule has 0 fully saturated rings. The zero-order valence-corrected chi connectivity index (χ0v) is 29.3. The molecule has 0 saturated heterocycles. The predicted octanol–water partition coefficient (Wildman–Crippen LogP) is 12.8. The number of aromatic nitrogens is 4. The molecule has 54 heavy (non-hydrogen) atoms. The van der Waals surface area contributed by atoms with Crippen molar-refractivity contribution < 1.29 is 0 Å². The average Bonchev–Trinajstić information content (AvgIpc) is 3.81. The van der Waals surface area contributed by atoms with Crippen LogP contribution < -0.4 is 0 Å². The van der Waals surface area contributed by atoms with Gasteiger partial charge in [-0.15, -0.1) is 0 Å². The maximum absolute atomic E-state index is 5.39. The zero-order chi connectivity index (χ0) is 35.6. The van der Waals surface area contributed by atoms with Crippen molar-refractivity contribution in [2.45, 2.75) is 0 Å². The Balaban J connectivity index is 1.05. The van der Waals surface area contributed by atoms with Crippen molar-refractivity contribution >= 4 is 54.5 Å². The SMILES string of the molecule is c1ccc(-n2c(-c3ccc(-c4ccc(-c5nc6ccccc6c6ccc7c(c8ccccc8n7-c7ccccc7)c56)cc4)cc3)nc3ccccc32)cc1. The van der Waals surface area contributed by atoms with Crippen molar-refractivity contribution in [3.05, 3.63) is 194 Å². The molecule has 0 bridgehead atoms. The Labute approximate surface area is 311 Å². The summed E-state index contributed by atoms with van der Waals surface area (Å²) in [5.41, 5.74) is 13.1. The van der Waals surface area contributed by atoms with Crippen molar-refractivity contribution in [1.82, 2.24) is 19.1 Å². The normalized spacial score (nSPS) is 11.7. The van der Waals surface area contributed by atoms with E-state index in [0.29, 0.717) is 0 Å². The fraction of sp³-hybridized carbons (Fsp3) is 0. The fourth-order valence-electron chi connectivity index (χ4n) is 8.26. The van der Waals surface area contributed by atoms with Gasteiger partial charge in [-0.1, -0.05) is 140 Å². The van der Waals surface area contributed by atoms with Crippen LogP contribution in [0.3, 0.4) is 0 Å². The summed E-state index contributed by atoms with van der Waals surface area (Å²) in [6.45, 7) is 0. The molecule has 0 aliphatic heterocycles. The molecular weight excluding hydrogens is 657 g/mol. The Morgan fingerprint density at radius 2 is 0.833 bits per heavy atom. The third-order valence-corrected chi connectivity index (χ3v) is 10.7. The molecular formula is C50H32N4. The van der Waals surface area contributed by atoms with Crippen molar-refractivity contribution in [3.8, 4) is 45.1 Å². The van der Waals surface area contributed by atoms with Crippen LogP contribution in [0.1, 0.15) is 0 Å². The smallest absolute Gasteiger partial charge is 0.145 e. The molecule has 3 heterocycles. The van der Waals surface area contributed by atoms with Crippen LogP contribution in [-0.2, 0) is 0 Å². The van der Waals surface area contributed by atoms with Crippen LogP contribution in [-0.4, -0.2) is 19.1 Å². The predicted molar refractivity (Wildman–Crippen MR) is 225 cm³/mol. The van der Waals surface area contributed by atoms with E-state index in [-0.39, 0.29) is 0 Å². The van der Waals surface area contributed by atoms with Crippen LogP contribution in [0, 0.1) is 0 Å². The van der Waals surface area contributed by atoms with Gasteiger partial charge in [0.25, 0.3) is 0 Å². The topological polar surface area (TPSA) is 35.6 Å². The maximum Gasteiger partial charge on any atom is 0.145 e. The summed E-state index contributed by atoms with van der Waals surface area (Å²) in [6, 6.07) is 68.9. The summed E-state index contributed by atoms with van der Waals surface area (Å²) >= 11 is 0. The molecule has 4 nitrogen and oxygen atoms in total. The molecule has 11 rings (SSSR count). The monoisotopic (exact) mass is 688 g/mol. The molecule has 3 aromatic heterocycles. The lowest BCUT2D eigenvalue weighted by molar-refractivity contribution is 1.10. The first-order valence-corrected chi connectivity index (χ1v) is 18.3. The van der Waals surface area contributed by atoms with Crippen molar-refractivity contribution in [2.24, 2.45) is 0 Å². The second-order valence-corrected chi connectivity index (χ2v) is 13.8. The lowest BCUT2D eigenvalue weighted by atomic mass is 9.95. The lowest BCUT2D eigenvalue weighted by Crippen LogP contribution is -1.97. The van der Waals surface area contributed by atoms with E-state index in [1.807, 2.05) is 12.1 Å². The number of rotatable bonds is 5. The Hall–Kier alpha value is -7.30. The number of hydrogen-bond acceptors (Lipinski definition) is 2. The van der Waals surface area contributed by atoms with E-state index < -0.39 is 0 Å². The first-order chi connectivity index (χ1) is 26.8. The van der Waals surface area contributed by atoms with E-state index in [1.165, 1.54) is 32.6 Å². The molecule has 0 aliphatic carbocycles. The Kier molecular flexibility index (Phi) is 6.82. The number of hydrogen-bond donors (Lipinski definition) is 0. The second-order valence-electron chi connectivity index (χ2n) is 13.8. The summed E-state index contributed by atoms with van der Waals surface area (Å²) in [6.07, 6.45) is 0. The summed E-state index contributed by atoms with van der Waals surface area (Å²) in [5.74, 6) is 0.929. The van der Waals surface area contributed by atoms with Crippen LogP contribution >= 0.6 is 0 Å². The minimum absolute atomic E-state index is 0.929. The Bertz CT molecular complexity index is 3170. The van der Waals surface area contributed by atoms with Gasteiger partial charge in [0, 0.05) is 44.0 Å². The average molecular weight is 689 g/mol. The molecule has 0 unspecified atom stereocenters. The van der Waals surface area contributed by atoms with E-state index in [1.54, 1.807) is 0 Å². The molecule has 0 radical (unpaired) electrons. The molecule has 0 N–H and O–H groups in total. The molecule has 0 aliphatic rings. The number of nitrogens with zero attached hydrogens (tertiary/aromatic N) is 4. The third-order valence-electron chi connectivity index (χ3n) is 10.7. The van der Waals surface area contributed by atoms with Crippen LogP contribution in [0.15, 0.2) is 194 Å². The number of fused-ring (bicyclic) bond motifs is 8. The van der Waals surface area contributed by atoms with E-state index in [2.05, 4.69) is 191 Å². The maximum atomic E-state index is 5.39. The van der Waals surface area contributed by atoms with E-state index in [4.69, 9.17) is 9.97 Å². The fourth-order valence-corrected chi connectivity index (χ4v) is 8.26. The van der Waals surface area contributed by atoms with Crippen LogP contribution in [0.5, 0.6) is 0 Å². The first-order valence-electron chi connectivity index (χ1n) is 18.3. The highest BCUT2D eigenvalue weighted by Crippen LogP contribution is 2.43. The van der Waals surface area contributed by atoms with Gasteiger partial charge in [0.15, 0.2) is 0 Å².